The molecule has 0 radical (unpaired) electrons. The average molecular weight is 326 g/mol. The Labute approximate surface area is 142 Å². The number of likely N-dealkylation sites (tertiary alicyclic amines) is 1. The van der Waals surface area contributed by atoms with E-state index in [0.717, 1.165) is 41.7 Å². The van der Waals surface area contributed by atoms with Crippen LogP contribution in [0.5, 0.6) is 11.5 Å². The standard InChI is InChI=1S/C20H23NO3/c1-3-9-21(2)10-8-20-13-4-5-16(23)19(20)24-17-7-6-15(22)12(18(17)20)11-14(13)21/h3-7,13-14,16,19,23H,1,8-11H2,2H3/p+1/t13-,14-,16-,19?,20+,21+/m0/s1. The van der Waals surface area contributed by atoms with Crippen LogP contribution in [-0.2, 0) is 11.8 Å². The minimum absolute atomic E-state index is 0.195. The molecule has 126 valence electrons. The third-order valence-corrected chi connectivity index (χ3v) is 7.11. The van der Waals surface area contributed by atoms with E-state index >= 15 is 0 Å². The smallest absolute Gasteiger partial charge is 0.139 e. The van der Waals surface area contributed by atoms with Crippen molar-refractivity contribution in [2.75, 3.05) is 20.1 Å². The number of aromatic hydroxyl groups is 1. The highest BCUT2D eigenvalue weighted by Gasteiger charge is 2.67. The molecule has 0 amide bonds. The first-order valence-electron chi connectivity index (χ1n) is 8.85. The molecule has 4 heteroatoms. The van der Waals surface area contributed by atoms with Crippen molar-refractivity contribution in [3.63, 3.8) is 0 Å². The predicted molar refractivity (Wildman–Crippen MR) is 91.1 cm³/mol. The Hall–Kier alpha value is -1.78. The van der Waals surface area contributed by atoms with Crippen LogP contribution in [0.15, 0.2) is 36.9 Å². The lowest BCUT2D eigenvalue weighted by atomic mass is 9.52. The largest absolute Gasteiger partial charge is 0.508 e. The molecule has 2 N–H and O–H groups in total. The van der Waals surface area contributed by atoms with Crippen molar-refractivity contribution in [1.82, 2.24) is 0 Å². The summed E-state index contributed by atoms with van der Waals surface area (Å²) in [5.41, 5.74) is 2.01. The fourth-order valence-electron chi connectivity index (χ4n) is 6.03. The number of piperidine rings is 1. The number of aliphatic hydroxyl groups excluding tert-OH is 1. The van der Waals surface area contributed by atoms with E-state index < -0.39 is 6.10 Å². The van der Waals surface area contributed by atoms with Gasteiger partial charge in [0.25, 0.3) is 0 Å². The molecule has 1 fully saturated rings. The van der Waals surface area contributed by atoms with Crippen LogP contribution < -0.4 is 4.74 Å². The molecule has 2 bridgehead atoms. The van der Waals surface area contributed by atoms with Gasteiger partial charge in [-0.15, -0.1) is 0 Å². The van der Waals surface area contributed by atoms with Gasteiger partial charge in [0.2, 0.25) is 0 Å². The highest BCUT2D eigenvalue weighted by Crippen LogP contribution is 2.62. The van der Waals surface area contributed by atoms with Crippen LogP contribution in [0.1, 0.15) is 17.5 Å². The summed E-state index contributed by atoms with van der Waals surface area (Å²) in [6.07, 6.45) is 7.14. The number of likely N-dealkylation sites (N-methyl/N-ethyl adjacent to an activating group) is 1. The van der Waals surface area contributed by atoms with Crippen LogP contribution in [-0.4, -0.2) is 53.1 Å². The minimum Gasteiger partial charge on any atom is -0.508 e. The Morgan fingerprint density at radius 1 is 1.42 bits per heavy atom. The van der Waals surface area contributed by atoms with Gasteiger partial charge in [-0.25, -0.2) is 0 Å². The number of phenols is 1. The second-order valence-corrected chi connectivity index (χ2v) is 8.11. The van der Waals surface area contributed by atoms with Gasteiger partial charge >= 0.3 is 0 Å². The number of hydrogen-bond donors (Lipinski definition) is 2. The topological polar surface area (TPSA) is 49.7 Å². The summed E-state index contributed by atoms with van der Waals surface area (Å²) in [5, 5.41) is 21.1. The Kier molecular flexibility index (Phi) is 2.69. The second-order valence-electron chi connectivity index (χ2n) is 8.11. The number of nitrogens with zero attached hydrogens (tertiary/aromatic N) is 1. The molecule has 1 saturated heterocycles. The van der Waals surface area contributed by atoms with E-state index in [1.54, 1.807) is 6.07 Å². The molecule has 2 aliphatic heterocycles. The van der Waals surface area contributed by atoms with Crippen molar-refractivity contribution in [3.8, 4) is 11.5 Å². The lowest BCUT2D eigenvalue weighted by Crippen LogP contribution is -2.71. The number of rotatable bonds is 2. The van der Waals surface area contributed by atoms with Gasteiger partial charge in [0.1, 0.15) is 29.7 Å². The molecule has 1 unspecified atom stereocenters. The van der Waals surface area contributed by atoms with Gasteiger partial charge in [0, 0.05) is 29.9 Å². The fraction of sp³-hybridized carbons (Fsp3) is 0.500. The lowest BCUT2D eigenvalue weighted by Gasteiger charge is -2.59. The first kappa shape index (κ1) is 14.6. The summed E-state index contributed by atoms with van der Waals surface area (Å²) < 4.78 is 7.17. The molecule has 2 aliphatic carbocycles. The van der Waals surface area contributed by atoms with E-state index in [0.29, 0.717) is 17.7 Å². The maximum Gasteiger partial charge on any atom is 0.139 e. The van der Waals surface area contributed by atoms with Crippen molar-refractivity contribution in [2.24, 2.45) is 5.92 Å². The van der Waals surface area contributed by atoms with Gasteiger partial charge < -0.3 is 19.4 Å². The zero-order valence-electron chi connectivity index (χ0n) is 14.0. The third kappa shape index (κ3) is 1.47. The molecular formula is C20H24NO3+. The molecule has 4 nitrogen and oxygen atoms in total. The predicted octanol–water partition coefficient (Wildman–Crippen LogP) is 1.90. The maximum absolute atomic E-state index is 10.6. The molecule has 0 aromatic heterocycles. The molecule has 2 heterocycles. The summed E-state index contributed by atoms with van der Waals surface area (Å²) in [6, 6.07) is 3.99. The Morgan fingerprint density at radius 3 is 3.04 bits per heavy atom. The van der Waals surface area contributed by atoms with E-state index in [-0.39, 0.29) is 11.5 Å². The normalized spacial score (nSPS) is 43.9. The molecule has 24 heavy (non-hydrogen) atoms. The number of hydrogen-bond acceptors (Lipinski definition) is 3. The van der Waals surface area contributed by atoms with Crippen molar-refractivity contribution < 1.29 is 19.4 Å². The first-order valence-corrected chi connectivity index (χ1v) is 8.85. The molecule has 6 atom stereocenters. The highest BCUT2D eigenvalue weighted by molar-refractivity contribution is 5.60. The number of benzene rings is 1. The molecule has 1 aromatic rings. The average Bonchev–Trinajstić information content (AvgIpc) is 2.90. The van der Waals surface area contributed by atoms with Crippen LogP contribution in [0, 0.1) is 5.92 Å². The molecule has 4 aliphatic rings. The van der Waals surface area contributed by atoms with Crippen molar-refractivity contribution in [2.45, 2.75) is 36.5 Å². The Bertz CT molecular complexity index is 772. The number of ether oxygens (including phenoxy) is 1. The zero-order chi connectivity index (χ0) is 16.7. The summed E-state index contributed by atoms with van der Waals surface area (Å²) in [5.74, 6) is 1.57. The van der Waals surface area contributed by atoms with Crippen molar-refractivity contribution >= 4 is 0 Å². The van der Waals surface area contributed by atoms with Gasteiger partial charge in [-0.3, -0.25) is 0 Å². The van der Waals surface area contributed by atoms with E-state index in [9.17, 15) is 10.2 Å². The van der Waals surface area contributed by atoms with Crippen molar-refractivity contribution in [1.29, 1.82) is 0 Å². The van der Waals surface area contributed by atoms with E-state index in [4.69, 9.17) is 4.74 Å². The third-order valence-electron chi connectivity index (χ3n) is 7.11. The minimum atomic E-state index is -0.585. The van der Waals surface area contributed by atoms with Crippen LogP contribution >= 0.6 is 0 Å². The summed E-state index contributed by atoms with van der Waals surface area (Å²) in [6.45, 7) is 5.93. The van der Waals surface area contributed by atoms with Gasteiger partial charge in [0.15, 0.2) is 0 Å². The number of phenolic OH excluding ortho intramolecular Hbond substituents is 1. The van der Waals surface area contributed by atoms with Crippen LogP contribution in [0.25, 0.3) is 0 Å². The van der Waals surface area contributed by atoms with Gasteiger partial charge in [0.05, 0.1) is 25.6 Å². The lowest BCUT2D eigenvalue weighted by molar-refractivity contribution is -0.938. The highest BCUT2D eigenvalue weighted by atomic mass is 16.5. The van der Waals surface area contributed by atoms with Crippen LogP contribution in [0.3, 0.4) is 0 Å². The van der Waals surface area contributed by atoms with Crippen LogP contribution in [0.4, 0.5) is 0 Å². The van der Waals surface area contributed by atoms with Crippen molar-refractivity contribution in [3.05, 3.63) is 48.1 Å². The molecule has 1 aromatic carbocycles. The van der Waals surface area contributed by atoms with Gasteiger partial charge in [-0.2, -0.15) is 0 Å². The summed E-state index contributed by atoms with van der Waals surface area (Å²) in [4.78, 5) is 0. The van der Waals surface area contributed by atoms with E-state index in [1.807, 2.05) is 18.2 Å². The monoisotopic (exact) mass is 326 g/mol. The molecule has 1 spiro atoms. The number of quaternary nitrogens is 1. The molecule has 0 saturated carbocycles. The first-order chi connectivity index (χ1) is 11.5. The SMILES string of the molecule is C=CC[N@+]1(C)CC[C@]23c4c5ccc(O)c4C[C@H]1[C@@H]2C=C[C@H](O)C3O5. The fourth-order valence-corrected chi connectivity index (χ4v) is 6.03. The molecular weight excluding hydrogens is 302 g/mol. The second kappa shape index (κ2) is 4.44. The van der Waals surface area contributed by atoms with Crippen LogP contribution in [0.2, 0.25) is 0 Å². The Balaban J connectivity index is 1.79. The van der Waals surface area contributed by atoms with E-state index in [1.165, 1.54) is 5.56 Å². The summed E-state index contributed by atoms with van der Waals surface area (Å²) in [7, 11) is 2.30. The zero-order valence-corrected chi connectivity index (χ0v) is 14.0. The van der Waals surface area contributed by atoms with Gasteiger partial charge in [-0.05, 0) is 18.2 Å². The Morgan fingerprint density at radius 2 is 2.25 bits per heavy atom. The maximum atomic E-state index is 10.6. The van der Waals surface area contributed by atoms with Gasteiger partial charge in [-0.1, -0.05) is 18.7 Å². The quantitative estimate of drug-likeness (QED) is 0.645. The molecule has 5 rings (SSSR count). The summed E-state index contributed by atoms with van der Waals surface area (Å²) >= 11 is 0. The number of aliphatic hydroxyl groups is 1. The van der Waals surface area contributed by atoms with E-state index in [2.05, 4.69) is 19.7 Å².